The van der Waals surface area contributed by atoms with Crippen LogP contribution in [0.2, 0.25) is 0 Å². The predicted octanol–water partition coefficient (Wildman–Crippen LogP) is 8.92. The van der Waals surface area contributed by atoms with E-state index in [4.69, 9.17) is 18.9 Å². The van der Waals surface area contributed by atoms with E-state index in [2.05, 4.69) is 26.6 Å². The Morgan fingerprint density at radius 1 is 0.558 bits per heavy atom. The minimum Gasteiger partial charge on any atom is -0.445 e. The van der Waals surface area contributed by atoms with Gasteiger partial charge in [-0.1, -0.05) is 123 Å². The Bertz CT molecular complexity index is 2640. The lowest BCUT2D eigenvalue weighted by Crippen LogP contribution is -2.59. The van der Waals surface area contributed by atoms with Gasteiger partial charge in [0.25, 0.3) is 0 Å². The third-order valence-corrected chi connectivity index (χ3v) is 15.7. The van der Waals surface area contributed by atoms with Crippen molar-refractivity contribution in [3.05, 3.63) is 108 Å². The second-order valence-electron chi connectivity index (χ2n) is 25.3. The number of benzene rings is 3. The van der Waals surface area contributed by atoms with Crippen molar-refractivity contribution in [3.63, 3.8) is 0 Å². The zero-order chi connectivity index (χ0) is 62.8. The Balaban J connectivity index is 0.000000314. The number of ketones is 3. The zero-order valence-electron chi connectivity index (χ0n) is 51.8. The maximum atomic E-state index is 13.9. The first kappa shape index (κ1) is 69.9. The lowest BCUT2D eigenvalue weighted by Gasteiger charge is -2.32. The first-order valence-electron chi connectivity index (χ1n) is 30.8. The number of alkyl carbamates (subject to hydrolysis) is 2. The Hall–Kier alpha value is -6.83. The topological polar surface area (TPSA) is 271 Å². The van der Waals surface area contributed by atoms with Crippen molar-refractivity contribution in [3.8, 4) is 0 Å². The normalized spacial score (nSPS) is 19.1. The molecule has 0 spiro atoms. The molecule has 2 unspecified atom stereocenters. The van der Waals surface area contributed by atoms with E-state index in [1.807, 2.05) is 133 Å². The van der Waals surface area contributed by atoms with Crippen molar-refractivity contribution in [2.24, 2.45) is 23.7 Å². The van der Waals surface area contributed by atoms with Crippen molar-refractivity contribution >= 4 is 53.5 Å². The summed E-state index contributed by atoms with van der Waals surface area (Å²) < 4.78 is 22.8. The lowest BCUT2D eigenvalue weighted by atomic mass is 9.80. The minimum absolute atomic E-state index is 0.00510. The molecule has 5 amide bonds. The highest BCUT2D eigenvalue weighted by molar-refractivity contribution is 5.94. The van der Waals surface area contributed by atoms with Gasteiger partial charge in [-0.3, -0.25) is 28.8 Å². The van der Waals surface area contributed by atoms with Crippen LogP contribution < -0.4 is 26.6 Å². The molecule has 86 heavy (non-hydrogen) atoms. The highest BCUT2D eigenvalue weighted by atomic mass is 16.6. The Labute approximate surface area is 508 Å². The van der Waals surface area contributed by atoms with E-state index in [-0.39, 0.29) is 74.2 Å². The number of ether oxygens (including phenoxy) is 4. The van der Waals surface area contributed by atoms with Gasteiger partial charge >= 0.3 is 12.2 Å². The van der Waals surface area contributed by atoms with Crippen molar-refractivity contribution in [2.45, 2.75) is 225 Å². The number of hydrogen-bond donors (Lipinski definition) is 6. The number of nitrogens with one attached hydrogen (secondary N) is 5. The van der Waals surface area contributed by atoms with E-state index in [0.717, 1.165) is 61.6 Å². The molecule has 6 rings (SSSR count). The van der Waals surface area contributed by atoms with Crippen LogP contribution in [0.1, 0.15) is 168 Å². The summed E-state index contributed by atoms with van der Waals surface area (Å²) >= 11 is 0. The second kappa shape index (κ2) is 35.1. The van der Waals surface area contributed by atoms with E-state index >= 15 is 0 Å². The highest BCUT2D eigenvalue weighted by Crippen LogP contribution is 2.32. The molecule has 0 aromatic heterocycles. The van der Waals surface area contributed by atoms with Crippen molar-refractivity contribution in [1.29, 1.82) is 0 Å². The van der Waals surface area contributed by atoms with Crippen molar-refractivity contribution < 1.29 is 67.2 Å². The summed E-state index contributed by atoms with van der Waals surface area (Å²) in [5, 5.41) is 23.8. The smallest absolute Gasteiger partial charge is 0.408 e. The van der Waals surface area contributed by atoms with Gasteiger partial charge in [0.1, 0.15) is 49.2 Å². The molecule has 3 aromatic carbocycles. The van der Waals surface area contributed by atoms with Gasteiger partial charge in [0.05, 0.1) is 42.1 Å². The molecule has 0 aliphatic heterocycles. The molecule has 19 nitrogen and oxygen atoms in total. The number of aliphatic hydroxyl groups is 1. The fourth-order valence-electron chi connectivity index (χ4n) is 11.5. The van der Waals surface area contributed by atoms with E-state index in [9.17, 15) is 48.3 Å². The Kier molecular flexibility index (Phi) is 28.5. The number of amides is 5. The molecule has 3 aliphatic carbocycles. The van der Waals surface area contributed by atoms with Crippen molar-refractivity contribution in [1.82, 2.24) is 26.6 Å². The first-order chi connectivity index (χ1) is 40.9. The Morgan fingerprint density at radius 2 is 1.03 bits per heavy atom. The number of aliphatic hydroxyl groups excluding tert-OH is 1. The number of hydrogen-bond acceptors (Lipinski definition) is 14. The summed E-state index contributed by atoms with van der Waals surface area (Å²) in [6.07, 6.45) is 8.31. The van der Waals surface area contributed by atoms with Crippen LogP contribution in [-0.4, -0.2) is 119 Å². The molecular weight excluding hydrogens is 1100 g/mol. The molecule has 10 atom stereocenters. The van der Waals surface area contributed by atoms with Gasteiger partial charge in [0.15, 0.2) is 5.78 Å². The maximum absolute atomic E-state index is 13.9. The summed E-state index contributed by atoms with van der Waals surface area (Å²) in [6, 6.07) is 22.8. The molecule has 3 fully saturated rings. The van der Waals surface area contributed by atoms with Gasteiger partial charge in [0.2, 0.25) is 17.7 Å². The van der Waals surface area contributed by atoms with Crippen LogP contribution in [0.4, 0.5) is 9.59 Å². The molecule has 0 saturated heterocycles. The number of carbonyl (C=O) groups is 9. The molecule has 0 heterocycles. The number of aldehydes is 1. The van der Waals surface area contributed by atoms with Crippen molar-refractivity contribution in [2.75, 3.05) is 6.61 Å². The van der Waals surface area contributed by atoms with E-state index < -0.39 is 83.5 Å². The fourth-order valence-corrected chi connectivity index (χ4v) is 11.5. The second-order valence-corrected chi connectivity index (χ2v) is 25.3. The zero-order valence-corrected chi connectivity index (χ0v) is 51.8. The standard InChI is InChI=1S/C34H52N2O7.C33H43N3O7/c1-23(43-34(2,3)4)31(36-33(41)42-22-25-14-9-6-10-15-25)30(39)20-27(18-24-12-7-5-8-13-24)32(40)35-28(21-37)19-26-16-11-17-29(26)38;1-22(43-33(2,3)4)29(36-32(41)42-21-24-14-9-6-10-15-24)31(40)35-27(18-23-12-7-5-8-13-23)30(39)34-26(20-37)19-25-16-11-17-28(25)38/h6,9-10,14-15,23-24,26-28,31,37H,5,7-8,11-13,16-22H2,1-4H3,(H,35,40)(H,36,41);5-10,12-15,20,22,25-27,29H,11,16-19,21H2,1-4H3,(H,34,39)(H,35,40)(H,36,41)/t23?,26-,27+,28-,31-;22?,25-,26-,27-,29-/m00/s1. The number of carbonyl (C=O) groups excluding carboxylic acids is 9. The van der Waals surface area contributed by atoms with Crippen LogP contribution in [0, 0.1) is 23.7 Å². The molecule has 3 aromatic rings. The fraction of sp³-hybridized carbons (Fsp3) is 0.597. The van der Waals surface area contributed by atoms with Gasteiger partial charge in [-0.05, 0) is 123 Å². The highest BCUT2D eigenvalue weighted by Gasteiger charge is 2.38. The van der Waals surface area contributed by atoms with Crippen LogP contribution in [0.15, 0.2) is 91.0 Å². The van der Waals surface area contributed by atoms with Gasteiger partial charge < -0.3 is 55.4 Å². The Morgan fingerprint density at radius 3 is 1.50 bits per heavy atom. The van der Waals surface area contributed by atoms with Gasteiger partial charge in [-0.25, -0.2) is 9.59 Å². The third-order valence-electron chi connectivity index (χ3n) is 15.7. The summed E-state index contributed by atoms with van der Waals surface area (Å²) in [7, 11) is 0. The molecule has 6 N–H and O–H groups in total. The third kappa shape index (κ3) is 25.2. The average molecular weight is 1190 g/mol. The summed E-state index contributed by atoms with van der Waals surface area (Å²) in [5.74, 6) is -2.28. The molecule has 472 valence electrons. The van der Waals surface area contributed by atoms with Crippen LogP contribution in [0.25, 0.3) is 0 Å². The maximum Gasteiger partial charge on any atom is 0.408 e. The molecule has 0 radical (unpaired) electrons. The van der Waals surface area contributed by atoms with Crippen LogP contribution >= 0.6 is 0 Å². The summed E-state index contributed by atoms with van der Waals surface area (Å²) in [6.45, 7) is 14.3. The molecule has 3 aliphatic rings. The SMILES string of the molecule is CC(OC(C)(C)C)[C@H](NC(=O)OCc1ccccc1)C(=O)C[C@@H](CC1CCCCC1)C(=O)N[C@H](CO)C[C@@H]1CCCC1=O.CC(OC(C)(C)C)[C@H](NC(=O)OCc1ccccc1)C(=O)N[C@@H](Cc1ccccc1)C(=O)N[C@H](C=O)C[C@@H]1CCCC1=O. The van der Waals surface area contributed by atoms with Crippen LogP contribution in [-0.2, 0) is 72.1 Å². The van der Waals surface area contributed by atoms with Gasteiger partial charge in [0, 0.05) is 43.4 Å². The van der Waals surface area contributed by atoms with E-state index in [0.29, 0.717) is 44.3 Å². The minimum atomic E-state index is -1.20. The quantitative estimate of drug-likeness (QED) is 0.0354. The number of rotatable bonds is 29. The average Bonchev–Trinajstić information content (AvgIpc) is 4.23. The lowest BCUT2D eigenvalue weighted by molar-refractivity contribution is -0.135. The van der Waals surface area contributed by atoms with Gasteiger partial charge in [-0.15, -0.1) is 0 Å². The predicted molar refractivity (Wildman–Crippen MR) is 325 cm³/mol. The van der Waals surface area contributed by atoms with Crippen LogP contribution in [0.5, 0.6) is 0 Å². The molecule has 3 saturated carbocycles. The van der Waals surface area contributed by atoms with E-state index in [1.54, 1.807) is 13.8 Å². The molecule has 0 bridgehead atoms. The summed E-state index contributed by atoms with van der Waals surface area (Å²) in [4.78, 5) is 117. The monoisotopic (exact) mass is 1190 g/mol. The van der Waals surface area contributed by atoms with Gasteiger partial charge in [-0.2, -0.15) is 0 Å². The largest absolute Gasteiger partial charge is 0.445 e. The molecule has 19 heteroatoms. The molecular formula is C67H95N5O14. The first-order valence-corrected chi connectivity index (χ1v) is 30.8. The van der Waals surface area contributed by atoms with E-state index in [1.165, 1.54) is 6.42 Å². The number of Topliss-reactive ketones (excluding diaryl/α,β-unsaturated/α-hetero) is 3. The summed E-state index contributed by atoms with van der Waals surface area (Å²) in [5.41, 5.74) is 1.17. The van der Waals surface area contributed by atoms with Crippen LogP contribution in [0.3, 0.4) is 0 Å².